The molecule has 0 spiro atoms. The zero-order valence-electron chi connectivity index (χ0n) is 11.3. The van der Waals surface area contributed by atoms with Gasteiger partial charge >= 0.3 is 0 Å². The summed E-state index contributed by atoms with van der Waals surface area (Å²) in [5.74, 6) is 0. The van der Waals surface area contributed by atoms with Gasteiger partial charge in [-0.15, -0.1) is 0 Å². The molecule has 20 heavy (non-hydrogen) atoms. The van der Waals surface area contributed by atoms with Gasteiger partial charge in [-0.3, -0.25) is 5.10 Å². The van der Waals surface area contributed by atoms with E-state index in [0.29, 0.717) is 0 Å². The topological polar surface area (TPSA) is 50.8 Å². The summed E-state index contributed by atoms with van der Waals surface area (Å²) < 4.78 is 5.57. The van der Waals surface area contributed by atoms with E-state index in [1.54, 1.807) is 7.11 Å². The standard InChI is InChI=1S/C16H15N3O/c1-20-15-5-4-10-2-3-11(8-13(10)15)12-6-7-17-16-14(12)9-18-19-16/h2-3,6-9,15H,4-5H2,1H3,(H,17,18,19). The van der Waals surface area contributed by atoms with Gasteiger partial charge in [-0.1, -0.05) is 12.1 Å². The molecule has 3 aromatic rings. The first kappa shape index (κ1) is 11.6. The molecule has 0 aliphatic heterocycles. The Kier molecular flexibility index (Phi) is 2.57. The van der Waals surface area contributed by atoms with Gasteiger partial charge in [-0.05, 0) is 47.2 Å². The van der Waals surface area contributed by atoms with Crippen molar-refractivity contribution in [2.45, 2.75) is 18.9 Å². The van der Waals surface area contributed by atoms with Crippen LogP contribution in [0.1, 0.15) is 23.7 Å². The Morgan fingerprint density at radius 3 is 3.15 bits per heavy atom. The number of pyridine rings is 1. The highest BCUT2D eigenvalue weighted by atomic mass is 16.5. The van der Waals surface area contributed by atoms with E-state index < -0.39 is 0 Å². The molecular formula is C16H15N3O. The molecule has 0 amide bonds. The highest BCUT2D eigenvalue weighted by Crippen LogP contribution is 2.37. The first-order chi connectivity index (χ1) is 9.86. The lowest BCUT2D eigenvalue weighted by Crippen LogP contribution is -1.95. The highest BCUT2D eigenvalue weighted by Gasteiger charge is 2.22. The Labute approximate surface area is 116 Å². The third-order valence-electron chi connectivity index (χ3n) is 4.12. The molecule has 0 saturated heterocycles. The molecule has 2 heterocycles. The quantitative estimate of drug-likeness (QED) is 0.773. The summed E-state index contributed by atoms with van der Waals surface area (Å²) in [7, 11) is 1.78. The molecule has 0 saturated carbocycles. The third-order valence-corrected chi connectivity index (χ3v) is 4.12. The van der Waals surface area contributed by atoms with Crippen LogP contribution in [-0.2, 0) is 11.2 Å². The molecule has 4 heteroatoms. The Morgan fingerprint density at radius 2 is 2.25 bits per heavy atom. The zero-order chi connectivity index (χ0) is 13.5. The second-order valence-electron chi connectivity index (χ2n) is 5.17. The Morgan fingerprint density at radius 1 is 1.30 bits per heavy atom. The molecule has 1 atom stereocenters. The highest BCUT2D eigenvalue weighted by molar-refractivity contribution is 5.92. The minimum atomic E-state index is 0.228. The maximum absolute atomic E-state index is 5.57. The van der Waals surface area contributed by atoms with E-state index in [9.17, 15) is 0 Å². The number of benzene rings is 1. The molecule has 0 radical (unpaired) electrons. The van der Waals surface area contributed by atoms with Crippen LogP contribution >= 0.6 is 0 Å². The molecule has 1 unspecified atom stereocenters. The van der Waals surface area contributed by atoms with Gasteiger partial charge in [0.1, 0.15) is 0 Å². The second-order valence-corrected chi connectivity index (χ2v) is 5.17. The largest absolute Gasteiger partial charge is 0.377 e. The summed E-state index contributed by atoms with van der Waals surface area (Å²) in [6.07, 6.45) is 6.06. The van der Waals surface area contributed by atoms with Gasteiger partial charge in [0.15, 0.2) is 5.65 Å². The molecule has 1 aromatic carbocycles. The summed E-state index contributed by atoms with van der Waals surface area (Å²) in [5, 5.41) is 8.05. The monoisotopic (exact) mass is 265 g/mol. The molecule has 100 valence electrons. The average Bonchev–Trinajstić information content (AvgIpc) is 3.12. The summed E-state index contributed by atoms with van der Waals surface area (Å²) in [6.45, 7) is 0. The van der Waals surface area contributed by atoms with Crippen molar-refractivity contribution in [1.29, 1.82) is 0 Å². The molecule has 0 fully saturated rings. The molecule has 4 rings (SSSR count). The van der Waals surface area contributed by atoms with E-state index in [1.165, 1.54) is 16.7 Å². The molecular weight excluding hydrogens is 250 g/mol. The number of rotatable bonds is 2. The van der Waals surface area contributed by atoms with Crippen molar-refractivity contribution in [3.05, 3.63) is 47.8 Å². The molecule has 1 aliphatic carbocycles. The molecule has 1 aliphatic rings. The van der Waals surface area contributed by atoms with E-state index in [2.05, 4.69) is 33.4 Å². The Bertz CT molecular complexity index is 778. The normalized spacial score (nSPS) is 17.6. The summed E-state index contributed by atoms with van der Waals surface area (Å²) in [4.78, 5) is 4.29. The number of hydrogen-bond donors (Lipinski definition) is 1. The van der Waals surface area contributed by atoms with Crippen molar-refractivity contribution < 1.29 is 4.74 Å². The fraction of sp³-hybridized carbons (Fsp3) is 0.250. The number of nitrogens with zero attached hydrogens (tertiary/aromatic N) is 2. The van der Waals surface area contributed by atoms with Crippen LogP contribution < -0.4 is 0 Å². The Hall–Kier alpha value is -2.20. The summed E-state index contributed by atoms with van der Waals surface area (Å²) >= 11 is 0. The fourth-order valence-electron chi connectivity index (χ4n) is 3.08. The lowest BCUT2D eigenvalue weighted by molar-refractivity contribution is 0.105. The number of ether oxygens (including phenoxy) is 1. The van der Waals surface area contributed by atoms with Gasteiger partial charge in [0, 0.05) is 18.7 Å². The van der Waals surface area contributed by atoms with Crippen LogP contribution in [0.5, 0.6) is 0 Å². The predicted octanol–water partition coefficient (Wildman–Crippen LogP) is 3.26. The first-order valence-electron chi connectivity index (χ1n) is 6.81. The average molecular weight is 265 g/mol. The smallest absolute Gasteiger partial charge is 0.155 e. The van der Waals surface area contributed by atoms with Crippen molar-refractivity contribution >= 4 is 11.0 Å². The number of hydrogen-bond acceptors (Lipinski definition) is 3. The van der Waals surface area contributed by atoms with E-state index >= 15 is 0 Å². The van der Waals surface area contributed by atoms with Crippen molar-refractivity contribution in [3.63, 3.8) is 0 Å². The second kappa shape index (κ2) is 4.42. The zero-order valence-corrected chi connectivity index (χ0v) is 11.3. The minimum absolute atomic E-state index is 0.228. The van der Waals surface area contributed by atoms with E-state index in [0.717, 1.165) is 29.4 Å². The number of methoxy groups -OCH3 is 1. The molecule has 4 nitrogen and oxygen atoms in total. The van der Waals surface area contributed by atoms with Crippen LogP contribution in [0.2, 0.25) is 0 Å². The Balaban J connectivity index is 1.89. The van der Waals surface area contributed by atoms with Crippen molar-refractivity contribution in [2.75, 3.05) is 7.11 Å². The van der Waals surface area contributed by atoms with Gasteiger partial charge in [-0.2, -0.15) is 5.10 Å². The first-order valence-corrected chi connectivity index (χ1v) is 6.81. The maximum atomic E-state index is 5.57. The number of aryl methyl sites for hydroxylation is 1. The summed E-state index contributed by atoms with van der Waals surface area (Å²) in [5.41, 5.74) is 5.90. The van der Waals surface area contributed by atoms with Crippen molar-refractivity contribution in [1.82, 2.24) is 15.2 Å². The van der Waals surface area contributed by atoms with E-state index in [4.69, 9.17) is 4.74 Å². The molecule has 0 bridgehead atoms. The van der Waals surface area contributed by atoms with Crippen LogP contribution in [0.3, 0.4) is 0 Å². The predicted molar refractivity (Wildman–Crippen MR) is 77.4 cm³/mol. The van der Waals surface area contributed by atoms with Crippen LogP contribution in [0.4, 0.5) is 0 Å². The minimum Gasteiger partial charge on any atom is -0.377 e. The maximum Gasteiger partial charge on any atom is 0.155 e. The van der Waals surface area contributed by atoms with Crippen molar-refractivity contribution in [3.8, 4) is 11.1 Å². The number of aromatic nitrogens is 3. The number of fused-ring (bicyclic) bond motifs is 2. The van der Waals surface area contributed by atoms with Gasteiger partial charge in [0.05, 0.1) is 12.3 Å². The lowest BCUT2D eigenvalue weighted by Gasteiger charge is -2.11. The van der Waals surface area contributed by atoms with Gasteiger partial charge < -0.3 is 4.74 Å². The van der Waals surface area contributed by atoms with Crippen LogP contribution in [0.15, 0.2) is 36.7 Å². The third kappa shape index (κ3) is 1.65. The van der Waals surface area contributed by atoms with E-state index in [-0.39, 0.29) is 6.10 Å². The molecule has 1 N–H and O–H groups in total. The number of nitrogens with one attached hydrogen (secondary N) is 1. The SMILES string of the molecule is COC1CCc2ccc(-c3ccnc4[nH]ncc34)cc21. The van der Waals surface area contributed by atoms with Gasteiger partial charge in [0.25, 0.3) is 0 Å². The fourth-order valence-corrected chi connectivity index (χ4v) is 3.08. The van der Waals surface area contributed by atoms with Crippen LogP contribution in [0.25, 0.3) is 22.2 Å². The van der Waals surface area contributed by atoms with Crippen LogP contribution in [-0.4, -0.2) is 22.3 Å². The molecule has 2 aromatic heterocycles. The lowest BCUT2D eigenvalue weighted by atomic mass is 9.99. The van der Waals surface area contributed by atoms with Crippen LogP contribution in [0, 0.1) is 0 Å². The van der Waals surface area contributed by atoms with E-state index in [1.807, 2.05) is 18.5 Å². The van der Waals surface area contributed by atoms with Crippen molar-refractivity contribution in [2.24, 2.45) is 0 Å². The van der Waals surface area contributed by atoms with Gasteiger partial charge in [-0.25, -0.2) is 4.98 Å². The van der Waals surface area contributed by atoms with Gasteiger partial charge in [0.2, 0.25) is 0 Å². The summed E-state index contributed by atoms with van der Waals surface area (Å²) in [6, 6.07) is 8.68. The number of aromatic amines is 1. The number of H-pyrrole nitrogens is 1.